The Morgan fingerprint density at radius 3 is 2.76 bits per heavy atom. The van der Waals surface area contributed by atoms with Crippen LogP contribution in [0.1, 0.15) is 22.7 Å². The van der Waals surface area contributed by atoms with Gasteiger partial charge >= 0.3 is 0 Å². The number of halogens is 2. The fourth-order valence-corrected chi connectivity index (χ4v) is 2.80. The summed E-state index contributed by atoms with van der Waals surface area (Å²) in [4.78, 5) is 0. The van der Waals surface area contributed by atoms with E-state index in [1.165, 1.54) is 12.1 Å². The first-order valence-electron chi connectivity index (χ1n) is 6.98. The van der Waals surface area contributed by atoms with Crippen molar-refractivity contribution in [3.63, 3.8) is 0 Å². The summed E-state index contributed by atoms with van der Waals surface area (Å²) in [5.74, 6) is -0.470. The number of hydrogen-bond donors (Lipinski definition) is 1. The smallest absolute Gasteiger partial charge is 0.133 e. The van der Waals surface area contributed by atoms with Gasteiger partial charge in [-0.3, -0.25) is 0 Å². The highest BCUT2D eigenvalue weighted by Gasteiger charge is 2.30. The lowest BCUT2D eigenvalue weighted by atomic mass is 9.86. The minimum Gasteiger partial charge on any atom is -0.493 e. The van der Waals surface area contributed by atoms with Gasteiger partial charge in [0.25, 0.3) is 0 Å². The van der Waals surface area contributed by atoms with E-state index in [1.807, 2.05) is 24.3 Å². The van der Waals surface area contributed by atoms with E-state index in [1.54, 1.807) is 6.92 Å². The SMILES string of the molecule is Cc1ccc(F)c(C(N)C2COc3ccccc3C2)c1F. The molecular formula is C17H17F2NO. The van der Waals surface area contributed by atoms with Gasteiger partial charge in [-0.25, -0.2) is 8.78 Å². The lowest BCUT2D eigenvalue weighted by Crippen LogP contribution is -2.32. The Kier molecular flexibility index (Phi) is 3.64. The number of ether oxygens (including phenoxy) is 1. The second-order valence-corrected chi connectivity index (χ2v) is 5.50. The van der Waals surface area contributed by atoms with E-state index in [0.717, 1.165) is 11.3 Å². The summed E-state index contributed by atoms with van der Waals surface area (Å²) in [6.45, 7) is 1.97. The van der Waals surface area contributed by atoms with Crippen molar-refractivity contribution in [2.24, 2.45) is 11.7 Å². The van der Waals surface area contributed by atoms with Crippen LogP contribution in [0.25, 0.3) is 0 Å². The Morgan fingerprint density at radius 2 is 1.95 bits per heavy atom. The zero-order valence-electron chi connectivity index (χ0n) is 11.8. The van der Waals surface area contributed by atoms with Crippen molar-refractivity contribution in [2.45, 2.75) is 19.4 Å². The fraction of sp³-hybridized carbons (Fsp3) is 0.294. The van der Waals surface area contributed by atoms with E-state index in [-0.39, 0.29) is 11.5 Å². The van der Waals surface area contributed by atoms with Crippen LogP contribution in [-0.4, -0.2) is 6.61 Å². The Balaban J connectivity index is 1.91. The molecule has 4 heteroatoms. The number of benzene rings is 2. The molecule has 1 aliphatic heterocycles. The second-order valence-electron chi connectivity index (χ2n) is 5.50. The summed E-state index contributed by atoms with van der Waals surface area (Å²) in [5, 5.41) is 0. The van der Waals surface area contributed by atoms with Gasteiger partial charge < -0.3 is 10.5 Å². The predicted molar refractivity (Wildman–Crippen MR) is 77.2 cm³/mol. The molecule has 2 nitrogen and oxygen atoms in total. The van der Waals surface area contributed by atoms with Gasteiger partial charge in [0.2, 0.25) is 0 Å². The van der Waals surface area contributed by atoms with E-state index in [9.17, 15) is 8.78 Å². The van der Waals surface area contributed by atoms with Gasteiger partial charge in [0.05, 0.1) is 6.61 Å². The number of para-hydroxylation sites is 1. The van der Waals surface area contributed by atoms with Crippen LogP contribution in [0.5, 0.6) is 5.75 Å². The largest absolute Gasteiger partial charge is 0.493 e. The second kappa shape index (κ2) is 5.45. The maximum atomic E-state index is 14.2. The van der Waals surface area contributed by atoms with Crippen molar-refractivity contribution >= 4 is 0 Å². The van der Waals surface area contributed by atoms with Gasteiger partial charge in [-0.2, -0.15) is 0 Å². The van der Waals surface area contributed by atoms with E-state index in [2.05, 4.69) is 0 Å². The summed E-state index contributed by atoms with van der Waals surface area (Å²) in [6, 6.07) is 9.64. The van der Waals surface area contributed by atoms with Crippen molar-refractivity contribution < 1.29 is 13.5 Å². The highest BCUT2D eigenvalue weighted by molar-refractivity contribution is 5.36. The maximum Gasteiger partial charge on any atom is 0.133 e. The monoisotopic (exact) mass is 289 g/mol. The van der Waals surface area contributed by atoms with Crippen molar-refractivity contribution in [1.29, 1.82) is 0 Å². The summed E-state index contributed by atoms with van der Waals surface area (Å²) in [5.41, 5.74) is 7.53. The number of nitrogens with two attached hydrogens (primary N) is 1. The molecule has 1 aliphatic rings. The van der Waals surface area contributed by atoms with Gasteiger partial charge in [0.15, 0.2) is 0 Å². The number of aryl methyl sites for hydroxylation is 1. The number of rotatable bonds is 2. The molecule has 0 aliphatic carbocycles. The first kappa shape index (κ1) is 14.0. The Morgan fingerprint density at radius 1 is 1.19 bits per heavy atom. The molecule has 0 saturated heterocycles. The minimum absolute atomic E-state index is 0.0389. The van der Waals surface area contributed by atoms with Crippen molar-refractivity contribution in [1.82, 2.24) is 0 Å². The summed E-state index contributed by atoms with van der Waals surface area (Å²) in [6.07, 6.45) is 0.657. The quantitative estimate of drug-likeness (QED) is 0.918. The Hall–Kier alpha value is -1.94. The molecule has 0 fully saturated rings. The van der Waals surface area contributed by atoms with Crippen LogP contribution >= 0.6 is 0 Å². The molecule has 2 aromatic rings. The molecule has 1 heterocycles. The molecule has 2 unspecified atom stereocenters. The van der Waals surface area contributed by atoms with Crippen LogP contribution < -0.4 is 10.5 Å². The summed E-state index contributed by atoms with van der Waals surface area (Å²) >= 11 is 0. The van der Waals surface area contributed by atoms with E-state index < -0.39 is 17.7 Å². The molecule has 2 atom stereocenters. The van der Waals surface area contributed by atoms with Crippen LogP contribution in [0.4, 0.5) is 8.78 Å². The predicted octanol–water partition coefficient (Wildman–Crippen LogP) is 3.52. The molecule has 2 N–H and O–H groups in total. The molecule has 2 aromatic carbocycles. The minimum atomic E-state index is -0.724. The van der Waals surface area contributed by atoms with Gasteiger partial charge in [-0.1, -0.05) is 24.3 Å². The molecule has 0 saturated carbocycles. The average molecular weight is 289 g/mol. The van der Waals surface area contributed by atoms with Crippen molar-refractivity contribution in [3.8, 4) is 5.75 Å². The lowest BCUT2D eigenvalue weighted by molar-refractivity contribution is 0.196. The zero-order valence-corrected chi connectivity index (χ0v) is 11.8. The van der Waals surface area contributed by atoms with Gasteiger partial charge in [-0.05, 0) is 36.6 Å². The zero-order chi connectivity index (χ0) is 15.0. The highest BCUT2D eigenvalue weighted by atomic mass is 19.1. The molecule has 0 spiro atoms. The number of hydrogen-bond acceptors (Lipinski definition) is 2. The van der Waals surface area contributed by atoms with Gasteiger partial charge in [-0.15, -0.1) is 0 Å². The summed E-state index contributed by atoms with van der Waals surface area (Å²) in [7, 11) is 0. The third-order valence-corrected chi connectivity index (χ3v) is 4.07. The molecule has 21 heavy (non-hydrogen) atoms. The third kappa shape index (κ3) is 2.51. The van der Waals surface area contributed by atoms with E-state index in [4.69, 9.17) is 10.5 Å². The third-order valence-electron chi connectivity index (χ3n) is 4.07. The fourth-order valence-electron chi connectivity index (χ4n) is 2.80. The highest BCUT2D eigenvalue weighted by Crippen LogP contribution is 2.34. The van der Waals surface area contributed by atoms with Crippen molar-refractivity contribution in [2.75, 3.05) is 6.61 Å². The van der Waals surface area contributed by atoms with Crippen LogP contribution in [0.3, 0.4) is 0 Å². The topological polar surface area (TPSA) is 35.2 Å². The maximum absolute atomic E-state index is 14.2. The first-order valence-corrected chi connectivity index (χ1v) is 6.98. The Labute approximate surface area is 122 Å². The molecule has 110 valence electrons. The summed E-state index contributed by atoms with van der Waals surface area (Å²) < 4.78 is 33.8. The van der Waals surface area contributed by atoms with Crippen LogP contribution in [-0.2, 0) is 6.42 Å². The number of fused-ring (bicyclic) bond motifs is 1. The standard InChI is InChI=1S/C17H17F2NO/c1-10-6-7-13(18)15(16(10)19)17(20)12-8-11-4-2-3-5-14(11)21-9-12/h2-7,12,17H,8-9,20H2,1H3. The average Bonchev–Trinajstić information content (AvgIpc) is 2.51. The molecule has 0 aromatic heterocycles. The van der Waals surface area contributed by atoms with Crippen LogP contribution in [0, 0.1) is 24.5 Å². The van der Waals surface area contributed by atoms with Crippen molar-refractivity contribution in [3.05, 3.63) is 64.7 Å². The van der Waals surface area contributed by atoms with Crippen LogP contribution in [0.2, 0.25) is 0 Å². The Bertz CT molecular complexity index is 672. The van der Waals surface area contributed by atoms with Gasteiger partial charge in [0, 0.05) is 17.5 Å². The molecule has 3 rings (SSSR count). The molecular weight excluding hydrogens is 272 g/mol. The molecule has 0 bridgehead atoms. The van der Waals surface area contributed by atoms with Gasteiger partial charge in [0.1, 0.15) is 17.4 Å². The molecule has 0 amide bonds. The van der Waals surface area contributed by atoms with E-state index >= 15 is 0 Å². The normalized spacial score (nSPS) is 18.8. The van der Waals surface area contributed by atoms with E-state index in [0.29, 0.717) is 18.6 Å². The van der Waals surface area contributed by atoms with Crippen LogP contribution in [0.15, 0.2) is 36.4 Å². The first-order chi connectivity index (χ1) is 10.1. The lowest BCUT2D eigenvalue weighted by Gasteiger charge is -2.30. The molecule has 0 radical (unpaired) electrons.